The average Bonchev–Trinajstić information content (AvgIpc) is 3.30. The van der Waals surface area contributed by atoms with Crippen LogP contribution in [0.15, 0.2) is 35.9 Å². The first-order valence-corrected chi connectivity index (χ1v) is 23.7. The highest BCUT2D eigenvalue weighted by molar-refractivity contribution is 7.99. The lowest BCUT2D eigenvalue weighted by atomic mass is 9.81. The number of halogens is 1. The maximum atomic E-state index is 14.2. The van der Waals surface area contributed by atoms with Crippen molar-refractivity contribution in [2.24, 2.45) is 17.7 Å². The first-order chi connectivity index (χ1) is 32.3. The van der Waals surface area contributed by atoms with Crippen molar-refractivity contribution in [1.29, 1.82) is 0 Å². The second-order valence-electron chi connectivity index (χ2n) is 16.6. The molecule has 21 nitrogen and oxygen atoms in total. The van der Waals surface area contributed by atoms with Gasteiger partial charge in [0, 0.05) is 64.7 Å². The maximum absolute atomic E-state index is 14.2. The summed E-state index contributed by atoms with van der Waals surface area (Å²) in [4.78, 5) is 84.6. The zero-order valence-electron chi connectivity index (χ0n) is 40.1. The van der Waals surface area contributed by atoms with Crippen LogP contribution < -0.4 is 31.5 Å². The summed E-state index contributed by atoms with van der Waals surface area (Å²) < 4.78 is 33.5. The van der Waals surface area contributed by atoms with Crippen molar-refractivity contribution in [3.05, 3.63) is 46.5 Å². The Bertz CT molecular complexity index is 1930. The van der Waals surface area contributed by atoms with Gasteiger partial charge in [-0.15, -0.1) is 0 Å². The van der Waals surface area contributed by atoms with Gasteiger partial charge in [0.05, 0.1) is 57.5 Å². The highest BCUT2D eigenvalue weighted by Gasteiger charge is 2.48. The number of alkyl carbamates (subject to hydrolysis) is 1. The van der Waals surface area contributed by atoms with Crippen molar-refractivity contribution in [1.82, 2.24) is 20.9 Å². The summed E-state index contributed by atoms with van der Waals surface area (Å²) in [7, 11) is 5.79. The number of amides is 5. The molecular formula is C45H69ClN6O15S. The number of nitrogens with two attached hydrogens (primary N) is 1. The molecule has 23 heteroatoms. The van der Waals surface area contributed by atoms with Gasteiger partial charge in [-0.3, -0.25) is 29.3 Å². The minimum absolute atomic E-state index is 0.00136. The number of nitrogens with zero attached hydrogens (tertiary/aromatic N) is 2. The molecule has 0 aliphatic carbocycles. The molecule has 0 aromatic heterocycles. The minimum Gasteiger partial charge on any atom is -0.495 e. The number of rotatable bonds is 21. The first-order valence-electron chi connectivity index (χ1n) is 22.2. The van der Waals surface area contributed by atoms with Gasteiger partial charge in [-0.2, -0.15) is 11.8 Å². The molecule has 1 aromatic carbocycles. The molecule has 0 radical (unpaired) electrons. The van der Waals surface area contributed by atoms with E-state index in [0.29, 0.717) is 31.0 Å². The minimum atomic E-state index is -1.94. The van der Waals surface area contributed by atoms with Gasteiger partial charge in [0.25, 0.3) is 0 Å². The number of aliphatic hydroxyl groups excluding tert-OH is 1. The predicted octanol–water partition coefficient (Wildman–Crippen LogP) is 1.63. The monoisotopic (exact) mass is 1000 g/mol. The lowest BCUT2D eigenvalue weighted by Gasteiger charge is -2.43. The Morgan fingerprint density at radius 3 is 2.37 bits per heavy atom. The zero-order valence-corrected chi connectivity index (χ0v) is 41.7. The van der Waals surface area contributed by atoms with Crippen LogP contribution in [0.2, 0.25) is 5.02 Å². The van der Waals surface area contributed by atoms with Crippen LogP contribution in [0.5, 0.6) is 5.75 Å². The number of fused-ring (bicyclic) bond motifs is 4. The number of anilines is 1. The van der Waals surface area contributed by atoms with E-state index in [1.807, 2.05) is 13.0 Å². The maximum Gasteiger partial charge on any atom is 0.409 e. The summed E-state index contributed by atoms with van der Waals surface area (Å²) in [6, 6.07) is 2.37. The number of thioether (sulfide) groups is 1. The number of esters is 1. The summed E-state index contributed by atoms with van der Waals surface area (Å²) in [6.45, 7) is 8.01. The Hall–Kier alpha value is -4.52. The topological polar surface area (TPSA) is 276 Å². The molecule has 0 spiro atoms. The number of carbonyl (C=O) groups excluding carboxylic acids is 6. The van der Waals surface area contributed by atoms with Crippen LogP contribution in [0.3, 0.4) is 0 Å². The molecule has 4 bridgehead atoms. The number of benzene rings is 1. The average molecular weight is 1000 g/mol. The molecule has 68 heavy (non-hydrogen) atoms. The number of carbonyl (C=O) groups is 6. The Balaban J connectivity index is 1.68. The third kappa shape index (κ3) is 17.8. The molecular weight excluding hydrogens is 932 g/mol. The Morgan fingerprint density at radius 2 is 1.74 bits per heavy atom. The highest BCUT2D eigenvalue weighted by atomic mass is 35.5. The smallest absolute Gasteiger partial charge is 0.409 e. The van der Waals surface area contributed by atoms with Crippen LogP contribution in [0.25, 0.3) is 0 Å². The number of ether oxygens (including phenoxy) is 6. The number of nitrogens with one attached hydrogen (secondary N) is 3. The summed E-state index contributed by atoms with van der Waals surface area (Å²) in [5.41, 5.74) is 0.0215. The van der Waals surface area contributed by atoms with Crippen molar-refractivity contribution in [3.63, 3.8) is 0 Å². The van der Waals surface area contributed by atoms with E-state index in [2.05, 4.69) is 20.8 Å². The lowest BCUT2D eigenvalue weighted by molar-refractivity contribution is -0.167. The fourth-order valence-electron chi connectivity index (χ4n) is 7.34. The third-order valence-corrected chi connectivity index (χ3v) is 13.0. The second-order valence-corrected chi connectivity index (χ2v) is 18.1. The number of allylic oxidation sites excluding steroid dienone is 3. The number of hydrogen-bond donors (Lipinski definition) is 6. The Labute approximate surface area is 407 Å². The molecule has 2 heterocycles. The summed E-state index contributed by atoms with van der Waals surface area (Å²) in [6.07, 6.45) is -0.762. The SMILES string of the molecule is COc1cc2cc(c1Cl)N(C)C(=O)CC(OC(=O)C(C)N(C)C(=O)CCSCC(=O)NCCOCCOCCNC(=O)CON)C(C)C(O)C(C)C1CC(O)(NC(=O)O1)C(OC)C=CC=C(C)C2. The van der Waals surface area contributed by atoms with Crippen LogP contribution in [0, 0.1) is 11.8 Å². The van der Waals surface area contributed by atoms with Gasteiger partial charge in [-0.05, 0) is 38.0 Å². The third-order valence-electron chi connectivity index (χ3n) is 11.6. The standard InChI is InChI=1S/C45H69ClN6O15S/c1-27-10-9-11-36(62-8)45(60)24-35(67-44(59)50-45)29(3)42(57)28(2)33(23-40(56)52(6)32-21-31(20-27)22-34(61-7)41(32)46)66-43(58)30(4)51(5)39(55)12-19-68-26-38(54)49-14-16-64-18-17-63-15-13-48-37(53)25-65-47/h9-11,21-22,28-30,33,35-36,42,57,60H,12-20,23-26,47H2,1-8H3,(H,48,53)(H,49,54)(H,50,59). The van der Waals surface area contributed by atoms with Gasteiger partial charge in [-0.1, -0.05) is 49.2 Å². The van der Waals surface area contributed by atoms with E-state index in [1.54, 1.807) is 38.1 Å². The van der Waals surface area contributed by atoms with Crippen molar-refractivity contribution < 1.29 is 72.2 Å². The number of hydrogen-bond acceptors (Lipinski definition) is 17. The molecule has 5 amide bonds. The summed E-state index contributed by atoms with van der Waals surface area (Å²) >= 11 is 8.00. The number of aliphatic hydroxyl groups is 2. The van der Waals surface area contributed by atoms with E-state index in [4.69, 9.17) is 45.9 Å². The van der Waals surface area contributed by atoms with Crippen LogP contribution in [0.4, 0.5) is 10.5 Å². The van der Waals surface area contributed by atoms with Gasteiger partial charge in [0.2, 0.25) is 23.6 Å². The molecule has 0 saturated carbocycles. The molecule has 7 N–H and O–H groups in total. The van der Waals surface area contributed by atoms with Crippen LogP contribution in [-0.4, -0.2) is 173 Å². The molecule has 1 fully saturated rings. The highest BCUT2D eigenvalue weighted by Crippen LogP contribution is 2.38. The molecule has 1 saturated heterocycles. The molecule has 8 atom stereocenters. The van der Waals surface area contributed by atoms with E-state index in [9.17, 15) is 39.0 Å². The van der Waals surface area contributed by atoms with Gasteiger partial charge in [0.15, 0.2) is 5.72 Å². The van der Waals surface area contributed by atoms with E-state index in [-0.39, 0.29) is 74.2 Å². The fraction of sp³-hybridized carbons (Fsp3) is 0.644. The number of methoxy groups -OCH3 is 2. The Kier molecular flexibility index (Phi) is 24.5. The van der Waals surface area contributed by atoms with E-state index in [1.165, 1.54) is 56.8 Å². The largest absolute Gasteiger partial charge is 0.495 e. The van der Waals surface area contributed by atoms with Crippen molar-refractivity contribution in [2.75, 3.05) is 90.8 Å². The van der Waals surface area contributed by atoms with Crippen LogP contribution in [0.1, 0.15) is 52.5 Å². The van der Waals surface area contributed by atoms with Crippen LogP contribution in [-0.2, 0) is 58.9 Å². The molecule has 1 aromatic rings. The van der Waals surface area contributed by atoms with Gasteiger partial charge < -0.3 is 59.1 Å². The van der Waals surface area contributed by atoms with Gasteiger partial charge in [-0.25, -0.2) is 15.5 Å². The van der Waals surface area contributed by atoms with Crippen molar-refractivity contribution >= 4 is 64.7 Å². The summed E-state index contributed by atoms with van der Waals surface area (Å²) in [5.74, 6) is 1.29. The Morgan fingerprint density at radius 1 is 1.07 bits per heavy atom. The fourth-order valence-corrected chi connectivity index (χ4v) is 8.40. The van der Waals surface area contributed by atoms with Crippen molar-refractivity contribution in [2.45, 2.75) is 89.6 Å². The predicted molar refractivity (Wildman–Crippen MR) is 253 cm³/mol. The van der Waals surface area contributed by atoms with Gasteiger partial charge >= 0.3 is 12.1 Å². The molecule has 8 unspecified atom stereocenters. The summed E-state index contributed by atoms with van der Waals surface area (Å²) in [5, 5.41) is 31.5. The van der Waals surface area contributed by atoms with Crippen molar-refractivity contribution in [3.8, 4) is 5.75 Å². The first kappa shape index (κ1) is 57.8. The lowest BCUT2D eigenvalue weighted by Crippen LogP contribution is -2.64. The van der Waals surface area contributed by atoms with E-state index in [0.717, 1.165) is 11.1 Å². The molecule has 3 rings (SSSR count). The number of likely N-dealkylation sites (N-methyl/N-ethyl adjacent to an activating group) is 1. The van der Waals surface area contributed by atoms with E-state index >= 15 is 0 Å². The molecule has 2 aliphatic rings. The molecule has 382 valence electrons. The quantitative estimate of drug-likeness (QED) is 0.0580. The van der Waals surface area contributed by atoms with E-state index < -0.39 is 78.3 Å². The zero-order chi connectivity index (χ0) is 50.6. The van der Waals surface area contributed by atoms with Gasteiger partial charge in [0.1, 0.15) is 41.7 Å². The normalized spacial score (nSPS) is 23.9. The second kappa shape index (κ2) is 28.8. The van der Waals surface area contributed by atoms with Crippen LogP contribution >= 0.6 is 23.4 Å². The molecule has 2 aliphatic heterocycles.